The van der Waals surface area contributed by atoms with Crippen LogP contribution in [0.15, 0.2) is 0 Å². The third kappa shape index (κ3) is 5.16. The number of nitrogens with two attached hydrogens (primary N) is 1. The van der Waals surface area contributed by atoms with Crippen LogP contribution in [0.3, 0.4) is 0 Å². The Kier molecular flexibility index (Phi) is 5.05. The second kappa shape index (κ2) is 5.87. The van der Waals surface area contributed by atoms with E-state index in [9.17, 15) is 13.2 Å². The van der Waals surface area contributed by atoms with E-state index in [1.807, 2.05) is 6.92 Å². The van der Waals surface area contributed by atoms with Gasteiger partial charge in [0.25, 0.3) is 0 Å². The summed E-state index contributed by atoms with van der Waals surface area (Å²) in [5.41, 5.74) is 5.67. The van der Waals surface area contributed by atoms with E-state index in [4.69, 9.17) is 10.5 Å². The second-order valence-corrected chi connectivity index (χ2v) is 4.56. The van der Waals surface area contributed by atoms with Gasteiger partial charge in [0.15, 0.2) is 0 Å². The van der Waals surface area contributed by atoms with Gasteiger partial charge in [0.1, 0.15) is 0 Å². The molecule has 0 aromatic rings. The second-order valence-electron chi connectivity index (χ2n) is 4.56. The molecule has 0 heterocycles. The summed E-state index contributed by atoms with van der Waals surface area (Å²) in [5, 5.41) is 0. The zero-order valence-corrected chi connectivity index (χ0v) is 9.59. The van der Waals surface area contributed by atoms with Gasteiger partial charge in [-0.15, -0.1) is 0 Å². The molecule has 0 spiro atoms. The molecule has 0 aromatic carbocycles. The fraction of sp³-hybridized carbons (Fsp3) is 1.00. The van der Waals surface area contributed by atoms with Crippen LogP contribution in [-0.4, -0.2) is 24.9 Å². The first-order chi connectivity index (χ1) is 7.40. The highest BCUT2D eigenvalue weighted by Gasteiger charge is 2.32. The van der Waals surface area contributed by atoms with Gasteiger partial charge in [0.2, 0.25) is 0 Å². The molecule has 0 amide bonds. The molecular weight excluding hydrogens is 219 g/mol. The number of ether oxygens (including phenoxy) is 1. The van der Waals surface area contributed by atoms with Crippen LogP contribution in [0.4, 0.5) is 13.2 Å². The summed E-state index contributed by atoms with van der Waals surface area (Å²) in [4.78, 5) is 0. The van der Waals surface area contributed by atoms with Crippen molar-refractivity contribution < 1.29 is 17.9 Å². The highest BCUT2D eigenvalue weighted by atomic mass is 19.4. The van der Waals surface area contributed by atoms with E-state index in [1.165, 1.54) is 0 Å². The third-order valence-corrected chi connectivity index (χ3v) is 3.03. The first-order valence-electron chi connectivity index (χ1n) is 5.84. The molecule has 1 rings (SSSR count). The number of rotatable bonds is 6. The number of hydrogen-bond acceptors (Lipinski definition) is 2. The van der Waals surface area contributed by atoms with Gasteiger partial charge in [-0.05, 0) is 38.5 Å². The first-order valence-corrected chi connectivity index (χ1v) is 5.84. The molecule has 0 radical (unpaired) electrons. The van der Waals surface area contributed by atoms with Crippen molar-refractivity contribution >= 4 is 0 Å². The minimum absolute atomic E-state index is 0.0410. The van der Waals surface area contributed by atoms with E-state index >= 15 is 0 Å². The van der Waals surface area contributed by atoms with Crippen LogP contribution in [-0.2, 0) is 4.74 Å². The minimum Gasteiger partial charge on any atom is -0.378 e. The first kappa shape index (κ1) is 13.8. The van der Waals surface area contributed by atoms with Gasteiger partial charge in [0.05, 0.1) is 6.10 Å². The monoisotopic (exact) mass is 239 g/mol. The van der Waals surface area contributed by atoms with Crippen molar-refractivity contribution in [2.45, 2.75) is 57.3 Å². The SMILES string of the molecule is CCOC1CC(CC(N)CCC(F)(F)F)C1. The van der Waals surface area contributed by atoms with Gasteiger partial charge in [-0.3, -0.25) is 0 Å². The van der Waals surface area contributed by atoms with Crippen molar-refractivity contribution in [3.8, 4) is 0 Å². The highest BCUT2D eigenvalue weighted by Crippen LogP contribution is 2.34. The van der Waals surface area contributed by atoms with Crippen LogP contribution in [0, 0.1) is 5.92 Å². The molecule has 1 atom stereocenters. The summed E-state index contributed by atoms with van der Waals surface area (Å²) in [6.07, 6.45) is -1.90. The van der Waals surface area contributed by atoms with Crippen LogP contribution < -0.4 is 5.73 Å². The zero-order valence-electron chi connectivity index (χ0n) is 9.59. The van der Waals surface area contributed by atoms with E-state index in [2.05, 4.69) is 0 Å². The third-order valence-electron chi connectivity index (χ3n) is 3.03. The topological polar surface area (TPSA) is 35.2 Å². The van der Waals surface area contributed by atoms with E-state index in [0.29, 0.717) is 25.0 Å². The molecule has 2 nitrogen and oxygen atoms in total. The Labute approximate surface area is 94.3 Å². The van der Waals surface area contributed by atoms with E-state index in [1.54, 1.807) is 0 Å². The maximum absolute atomic E-state index is 11.9. The Morgan fingerprint density at radius 1 is 1.38 bits per heavy atom. The van der Waals surface area contributed by atoms with Gasteiger partial charge in [0, 0.05) is 19.1 Å². The number of halogens is 3. The zero-order chi connectivity index (χ0) is 12.2. The molecule has 1 unspecified atom stereocenters. The van der Waals surface area contributed by atoms with E-state index in [-0.39, 0.29) is 12.5 Å². The molecule has 1 fully saturated rings. The lowest BCUT2D eigenvalue weighted by Gasteiger charge is -2.36. The smallest absolute Gasteiger partial charge is 0.378 e. The summed E-state index contributed by atoms with van der Waals surface area (Å²) >= 11 is 0. The van der Waals surface area contributed by atoms with Crippen LogP contribution in [0.5, 0.6) is 0 Å². The van der Waals surface area contributed by atoms with E-state index < -0.39 is 12.6 Å². The molecule has 2 N–H and O–H groups in total. The molecule has 96 valence electrons. The molecule has 1 aliphatic rings. The lowest BCUT2D eigenvalue weighted by Crippen LogP contribution is -2.36. The van der Waals surface area contributed by atoms with Gasteiger partial charge in [-0.25, -0.2) is 0 Å². The molecule has 0 bridgehead atoms. The summed E-state index contributed by atoms with van der Waals surface area (Å²) in [5.74, 6) is 0.458. The lowest BCUT2D eigenvalue weighted by atomic mass is 9.78. The van der Waals surface area contributed by atoms with Crippen molar-refractivity contribution in [3.05, 3.63) is 0 Å². The maximum Gasteiger partial charge on any atom is 0.389 e. The lowest BCUT2D eigenvalue weighted by molar-refractivity contribution is -0.136. The average molecular weight is 239 g/mol. The fourth-order valence-corrected chi connectivity index (χ4v) is 2.13. The van der Waals surface area contributed by atoms with Gasteiger partial charge in [-0.2, -0.15) is 13.2 Å². The number of hydrogen-bond donors (Lipinski definition) is 1. The molecule has 16 heavy (non-hydrogen) atoms. The molecule has 0 saturated heterocycles. The van der Waals surface area contributed by atoms with Crippen LogP contribution in [0.2, 0.25) is 0 Å². The van der Waals surface area contributed by atoms with Crippen LogP contribution in [0.25, 0.3) is 0 Å². The predicted octanol–water partition coefficient (Wildman–Crippen LogP) is 2.86. The molecule has 1 aliphatic carbocycles. The maximum atomic E-state index is 11.9. The van der Waals surface area contributed by atoms with Crippen molar-refractivity contribution in [3.63, 3.8) is 0 Å². The quantitative estimate of drug-likeness (QED) is 0.773. The Morgan fingerprint density at radius 3 is 2.50 bits per heavy atom. The highest BCUT2D eigenvalue weighted by molar-refractivity contribution is 4.83. The van der Waals surface area contributed by atoms with Crippen LogP contribution in [0.1, 0.15) is 39.0 Å². The van der Waals surface area contributed by atoms with Gasteiger partial charge < -0.3 is 10.5 Å². The molecule has 5 heteroatoms. The Hall–Kier alpha value is -0.290. The largest absolute Gasteiger partial charge is 0.389 e. The summed E-state index contributed by atoms with van der Waals surface area (Å²) in [6, 6.07) is -0.325. The molecule has 1 saturated carbocycles. The summed E-state index contributed by atoms with van der Waals surface area (Å²) < 4.78 is 41.2. The average Bonchev–Trinajstić information content (AvgIpc) is 2.10. The fourth-order valence-electron chi connectivity index (χ4n) is 2.13. The van der Waals surface area contributed by atoms with Crippen molar-refractivity contribution in [2.75, 3.05) is 6.61 Å². The molecule has 0 aromatic heterocycles. The van der Waals surface area contributed by atoms with Gasteiger partial charge >= 0.3 is 6.18 Å². The van der Waals surface area contributed by atoms with E-state index in [0.717, 1.165) is 12.8 Å². The molecule has 0 aliphatic heterocycles. The van der Waals surface area contributed by atoms with Crippen molar-refractivity contribution in [1.82, 2.24) is 0 Å². The normalized spacial score (nSPS) is 27.6. The van der Waals surface area contributed by atoms with Gasteiger partial charge in [-0.1, -0.05) is 0 Å². The summed E-state index contributed by atoms with van der Waals surface area (Å²) in [6.45, 7) is 2.65. The summed E-state index contributed by atoms with van der Waals surface area (Å²) in [7, 11) is 0. The number of alkyl halides is 3. The Morgan fingerprint density at radius 2 is 2.00 bits per heavy atom. The minimum atomic E-state index is -4.08. The molecular formula is C11H20F3NO. The Balaban J connectivity index is 2.06. The standard InChI is InChI=1S/C11H20F3NO/c1-2-16-10-6-8(7-10)5-9(15)3-4-11(12,13)14/h8-10H,2-7,15H2,1H3. The Bertz CT molecular complexity index is 202. The van der Waals surface area contributed by atoms with Crippen LogP contribution >= 0.6 is 0 Å². The van der Waals surface area contributed by atoms with Crippen molar-refractivity contribution in [2.24, 2.45) is 11.7 Å². The predicted molar refractivity (Wildman–Crippen MR) is 56.0 cm³/mol. The van der Waals surface area contributed by atoms with Crippen molar-refractivity contribution in [1.29, 1.82) is 0 Å².